The number of para-hydroxylation sites is 2. The van der Waals surface area contributed by atoms with Gasteiger partial charge >= 0.3 is 6.03 Å². The van der Waals surface area contributed by atoms with Crippen LogP contribution in [0.25, 0.3) is 22.2 Å². The Labute approximate surface area is 286 Å². The molecular formula is C41H40N4O4. The van der Waals surface area contributed by atoms with Crippen LogP contribution in [0, 0.1) is 5.92 Å². The Hall–Kier alpha value is -5.28. The summed E-state index contributed by atoms with van der Waals surface area (Å²) >= 11 is 0. The Bertz CT molecular complexity index is 1990. The highest BCUT2D eigenvalue weighted by Crippen LogP contribution is 2.42. The molecule has 4 atom stereocenters. The van der Waals surface area contributed by atoms with E-state index in [1.165, 1.54) is 0 Å². The number of amides is 2. The maximum Gasteiger partial charge on any atom is 0.315 e. The van der Waals surface area contributed by atoms with Gasteiger partial charge in [-0.05, 0) is 51.6 Å². The summed E-state index contributed by atoms with van der Waals surface area (Å²) in [5.41, 5.74) is 9.04. The average Bonchev–Trinajstić information content (AvgIpc) is 3.57. The lowest BCUT2D eigenvalue weighted by Gasteiger charge is -2.41. The van der Waals surface area contributed by atoms with Crippen molar-refractivity contribution in [1.29, 1.82) is 0 Å². The Morgan fingerprint density at radius 3 is 2.20 bits per heavy atom. The molecule has 3 N–H and O–H groups in total. The Morgan fingerprint density at radius 1 is 0.735 bits per heavy atom. The van der Waals surface area contributed by atoms with Gasteiger partial charge in [-0.25, -0.2) is 9.78 Å². The highest BCUT2D eigenvalue weighted by molar-refractivity contribution is 5.75. The molecule has 0 bridgehead atoms. The van der Waals surface area contributed by atoms with Crippen LogP contribution >= 0.6 is 0 Å². The highest BCUT2D eigenvalue weighted by atomic mass is 16.7. The lowest BCUT2D eigenvalue weighted by molar-refractivity contribution is -0.276. The Morgan fingerprint density at radius 2 is 1.43 bits per heavy atom. The zero-order valence-corrected chi connectivity index (χ0v) is 27.4. The molecule has 6 aromatic rings. The summed E-state index contributed by atoms with van der Waals surface area (Å²) in [4.78, 5) is 17.0. The summed E-state index contributed by atoms with van der Waals surface area (Å²) in [5.74, 6) is 0.0495. The average molecular weight is 653 g/mol. The monoisotopic (exact) mass is 652 g/mol. The standard InChI is InChI=1S/C41H40N4O4/c1-28-38(25-45-27-44-36-12-5-6-13-37(36)45)48-40(49-39(28)33-16-14-30(26-46)15-17-33)34-20-18-32(19-21-34)35-11-7-10-31(22-35)24-43-41(47)42-23-29-8-3-2-4-9-29/h2-22,27-28,38-40,46H,23-26H2,1H3,(H2,42,43,47). The van der Waals surface area contributed by atoms with E-state index in [0.717, 1.165) is 50.0 Å². The van der Waals surface area contributed by atoms with Gasteiger partial charge in [0.15, 0.2) is 6.29 Å². The zero-order chi connectivity index (χ0) is 33.6. The first kappa shape index (κ1) is 32.3. The van der Waals surface area contributed by atoms with E-state index in [2.05, 4.69) is 69.6 Å². The molecule has 0 aliphatic carbocycles. The summed E-state index contributed by atoms with van der Waals surface area (Å²) in [6.07, 6.45) is 0.955. The smallest absolute Gasteiger partial charge is 0.315 e. The van der Waals surface area contributed by atoms with Crippen molar-refractivity contribution >= 4 is 17.1 Å². The van der Waals surface area contributed by atoms with Crippen LogP contribution in [0.5, 0.6) is 0 Å². The van der Waals surface area contributed by atoms with Gasteiger partial charge in [0.25, 0.3) is 0 Å². The van der Waals surface area contributed by atoms with Crippen molar-refractivity contribution in [2.75, 3.05) is 0 Å². The van der Waals surface area contributed by atoms with Crippen LogP contribution in [0.4, 0.5) is 4.79 Å². The number of nitrogens with one attached hydrogen (secondary N) is 2. The van der Waals surface area contributed by atoms with E-state index in [4.69, 9.17) is 9.47 Å². The molecule has 4 unspecified atom stereocenters. The first-order chi connectivity index (χ1) is 24.0. The van der Waals surface area contributed by atoms with E-state index in [-0.39, 0.29) is 30.8 Å². The molecule has 49 heavy (non-hydrogen) atoms. The fourth-order valence-corrected chi connectivity index (χ4v) is 6.39. The molecule has 0 spiro atoms. The number of fused-ring (bicyclic) bond motifs is 1. The molecule has 0 saturated carbocycles. The second-order valence-corrected chi connectivity index (χ2v) is 12.6. The molecule has 2 amide bonds. The highest BCUT2D eigenvalue weighted by Gasteiger charge is 2.38. The number of benzene rings is 5. The molecule has 2 heterocycles. The predicted octanol–water partition coefficient (Wildman–Crippen LogP) is 7.69. The van der Waals surface area contributed by atoms with Crippen molar-refractivity contribution in [2.24, 2.45) is 5.92 Å². The Kier molecular flexibility index (Phi) is 9.79. The van der Waals surface area contributed by atoms with Crippen molar-refractivity contribution in [3.63, 3.8) is 0 Å². The largest absolute Gasteiger partial charge is 0.392 e. The van der Waals surface area contributed by atoms with Gasteiger partial charge in [0.05, 0.1) is 42.7 Å². The summed E-state index contributed by atoms with van der Waals surface area (Å²) < 4.78 is 15.6. The third kappa shape index (κ3) is 7.57. The minimum absolute atomic E-state index is 0.000716. The summed E-state index contributed by atoms with van der Waals surface area (Å²) in [7, 11) is 0. The van der Waals surface area contributed by atoms with Gasteiger partial charge in [0.2, 0.25) is 0 Å². The number of urea groups is 1. The second-order valence-electron chi connectivity index (χ2n) is 12.6. The van der Waals surface area contributed by atoms with Crippen molar-refractivity contribution in [3.8, 4) is 11.1 Å². The third-order valence-electron chi connectivity index (χ3n) is 9.22. The van der Waals surface area contributed by atoms with Gasteiger partial charge in [-0.3, -0.25) is 0 Å². The fourth-order valence-electron chi connectivity index (χ4n) is 6.39. The second kappa shape index (κ2) is 14.9. The lowest BCUT2D eigenvalue weighted by Crippen LogP contribution is -2.39. The molecule has 1 aliphatic heterocycles. The number of ether oxygens (including phenoxy) is 2. The molecule has 0 radical (unpaired) electrons. The number of imidazole rings is 1. The van der Waals surface area contributed by atoms with Crippen LogP contribution in [0.2, 0.25) is 0 Å². The first-order valence-corrected chi connectivity index (χ1v) is 16.7. The van der Waals surface area contributed by atoms with E-state index >= 15 is 0 Å². The number of nitrogens with zero attached hydrogens (tertiary/aromatic N) is 2. The van der Waals surface area contributed by atoms with Crippen LogP contribution in [0.3, 0.4) is 0 Å². The maximum absolute atomic E-state index is 12.4. The maximum atomic E-state index is 12.4. The molecule has 8 nitrogen and oxygen atoms in total. The SMILES string of the molecule is CC1C(Cn2cnc3ccccc32)OC(c2ccc(-c3cccc(CNC(=O)NCc4ccccc4)c3)cc2)OC1c1ccc(CO)cc1. The van der Waals surface area contributed by atoms with E-state index in [1.807, 2.05) is 91.3 Å². The van der Waals surface area contributed by atoms with Crippen LogP contribution in [-0.2, 0) is 35.7 Å². The van der Waals surface area contributed by atoms with E-state index in [0.29, 0.717) is 19.6 Å². The topological polar surface area (TPSA) is 97.6 Å². The van der Waals surface area contributed by atoms with Crippen molar-refractivity contribution in [1.82, 2.24) is 20.2 Å². The predicted molar refractivity (Wildman–Crippen MR) is 190 cm³/mol. The van der Waals surface area contributed by atoms with E-state index in [1.54, 1.807) is 0 Å². The van der Waals surface area contributed by atoms with Gasteiger partial charge in [-0.2, -0.15) is 0 Å². The molecule has 8 heteroatoms. The van der Waals surface area contributed by atoms with Gasteiger partial charge < -0.3 is 29.8 Å². The number of hydrogen-bond donors (Lipinski definition) is 3. The number of carbonyl (C=O) groups excluding carboxylic acids is 1. The number of aliphatic hydroxyl groups is 1. The van der Waals surface area contributed by atoms with Crippen LogP contribution in [-0.4, -0.2) is 26.8 Å². The quantitative estimate of drug-likeness (QED) is 0.141. The number of aromatic nitrogens is 2. The van der Waals surface area contributed by atoms with Crippen LogP contribution in [0.15, 0.2) is 134 Å². The molecule has 248 valence electrons. The number of carbonyl (C=O) groups is 1. The van der Waals surface area contributed by atoms with Gasteiger partial charge in [-0.15, -0.1) is 0 Å². The minimum atomic E-state index is -0.572. The summed E-state index contributed by atoms with van der Waals surface area (Å²) in [6, 6.07) is 42.2. The molecule has 1 fully saturated rings. The number of hydrogen-bond acceptors (Lipinski definition) is 5. The lowest BCUT2D eigenvalue weighted by atomic mass is 9.90. The van der Waals surface area contributed by atoms with Crippen molar-refractivity contribution in [2.45, 2.75) is 51.7 Å². The molecule has 1 aromatic heterocycles. The molecule has 5 aromatic carbocycles. The normalized spacial score (nSPS) is 19.1. The molecule has 7 rings (SSSR count). The molecule has 1 saturated heterocycles. The number of aliphatic hydroxyl groups excluding tert-OH is 1. The fraction of sp³-hybridized carbons (Fsp3) is 0.220. The molecular weight excluding hydrogens is 612 g/mol. The third-order valence-corrected chi connectivity index (χ3v) is 9.22. The van der Waals surface area contributed by atoms with Crippen molar-refractivity contribution in [3.05, 3.63) is 162 Å². The minimum Gasteiger partial charge on any atom is -0.392 e. The van der Waals surface area contributed by atoms with Gasteiger partial charge in [0.1, 0.15) is 0 Å². The van der Waals surface area contributed by atoms with Gasteiger partial charge in [-0.1, -0.05) is 116 Å². The summed E-state index contributed by atoms with van der Waals surface area (Å²) in [6.45, 7) is 3.70. The zero-order valence-electron chi connectivity index (χ0n) is 27.4. The number of rotatable bonds is 10. The first-order valence-electron chi connectivity index (χ1n) is 16.7. The molecule has 1 aliphatic rings. The van der Waals surface area contributed by atoms with E-state index < -0.39 is 6.29 Å². The van der Waals surface area contributed by atoms with Gasteiger partial charge in [0, 0.05) is 24.6 Å². The van der Waals surface area contributed by atoms with Crippen molar-refractivity contribution < 1.29 is 19.4 Å². The van der Waals surface area contributed by atoms with E-state index in [9.17, 15) is 9.90 Å². The Balaban J connectivity index is 1.06. The van der Waals surface area contributed by atoms with Crippen LogP contribution < -0.4 is 10.6 Å². The van der Waals surface area contributed by atoms with Crippen LogP contribution in [0.1, 0.15) is 47.1 Å². The summed E-state index contributed by atoms with van der Waals surface area (Å²) in [5, 5.41) is 15.5.